The molecule has 0 spiro atoms. The second kappa shape index (κ2) is 8.40. The molecule has 2 heterocycles. The lowest BCUT2D eigenvalue weighted by Crippen LogP contribution is -2.29. The molecule has 1 aliphatic rings. The lowest BCUT2D eigenvalue weighted by Gasteiger charge is -2.22. The summed E-state index contributed by atoms with van der Waals surface area (Å²) in [5.74, 6) is 0.856. The van der Waals surface area contributed by atoms with Crippen molar-refractivity contribution in [2.45, 2.75) is 39.2 Å². The Morgan fingerprint density at radius 3 is 2.79 bits per heavy atom. The highest BCUT2D eigenvalue weighted by atomic mass is 32.1. The van der Waals surface area contributed by atoms with Gasteiger partial charge in [0, 0.05) is 16.9 Å². The number of hydrogen-bond acceptors (Lipinski definition) is 4. The number of aryl methyl sites for hydroxylation is 1. The van der Waals surface area contributed by atoms with Gasteiger partial charge in [-0.05, 0) is 45.2 Å². The molecule has 1 saturated heterocycles. The standard InChI is InChI=1S/C19H25N3OS/c1-14-17(24-19(22-14)16-5-3-2-4-6-16)13-21-18(23)8-7-15-9-11-20-12-10-15/h2-6,15,20H,7-13H2,1H3,(H,21,23). The van der Waals surface area contributed by atoms with Crippen molar-refractivity contribution in [3.05, 3.63) is 40.9 Å². The topological polar surface area (TPSA) is 54.0 Å². The van der Waals surface area contributed by atoms with Crippen LogP contribution in [0.2, 0.25) is 0 Å². The first kappa shape index (κ1) is 17.1. The summed E-state index contributed by atoms with van der Waals surface area (Å²) in [6, 6.07) is 10.2. The Balaban J connectivity index is 1.49. The summed E-state index contributed by atoms with van der Waals surface area (Å²) in [4.78, 5) is 17.9. The van der Waals surface area contributed by atoms with E-state index in [9.17, 15) is 4.79 Å². The largest absolute Gasteiger partial charge is 0.351 e. The molecule has 3 rings (SSSR count). The highest BCUT2D eigenvalue weighted by Crippen LogP contribution is 2.27. The number of benzene rings is 1. The molecule has 0 atom stereocenters. The van der Waals surface area contributed by atoms with Crippen LogP contribution in [0.4, 0.5) is 0 Å². The van der Waals surface area contributed by atoms with Crippen LogP contribution in [0.3, 0.4) is 0 Å². The van der Waals surface area contributed by atoms with Gasteiger partial charge in [0.25, 0.3) is 0 Å². The first-order valence-corrected chi connectivity index (χ1v) is 9.53. The van der Waals surface area contributed by atoms with Crippen LogP contribution < -0.4 is 10.6 Å². The fourth-order valence-electron chi connectivity index (χ4n) is 3.07. The van der Waals surface area contributed by atoms with Crippen molar-refractivity contribution in [2.75, 3.05) is 13.1 Å². The minimum Gasteiger partial charge on any atom is -0.351 e. The molecule has 1 aliphatic heterocycles. The van der Waals surface area contributed by atoms with Crippen molar-refractivity contribution >= 4 is 17.2 Å². The van der Waals surface area contributed by atoms with Gasteiger partial charge in [-0.15, -0.1) is 11.3 Å². The molecule has 0 unspecified atom stereocenters. The third-order valence-corrected chi connectivity index (χ3v) is 5.80. The summed E-state index contributed by atoms with van der Waals surface area (Å²) in [6.45, 7) is 4.78. The van der Waals surface area contributed by atoms with E-state index in [1.54, 1.807) is 11.3 Å². The van der Waals surface area contributed by atoms with E-state index in [1.165, 1.54) is 12.8 Å². The summed E-state index contributed by atoms with van der Waals surface area (Å²) in [5, 5.41) is 7.45. The summed E-state index contributed by atoms with van der Waals surface area (Å²) in [5.41, 5.74) is 2.14. The van der Waals surface area contributed by atoms with Crippen LogP contribution in [-0.4, -0.2) is 24.0 Å². The Bertz CT molecular complexity index is 663. The smallest absolute Gasteiger partial charge is 0.220 e. The fraction of sp³-hybridized carbons (Fsp3) is 0.474. The van der Waals surface area contributed by atoms with Crippen molar-refractivity contribution in [3.8, 4) is 10.6 Å². The van der Waals surface area contributed by atoms with Crippen LogP contribution in [0.25, 0.3) is 10.6 Å². The number of amides is 1. The molecule has 1 aromatic carbocycles. The predicted molar refractivity (Wildman–Crippen MR) is 99.0 cm³/mol. The van der Waals surface area contributed by atoms with Crippen molar-refractivity contribution in [1.82, 2.24) is 15.6 Å². The molecule has 1 fully saturated rings. The molecule has 0 aliphatic carbocycles. The molecule has 2 N–H and O–H groups in total. The average molecular weight is 343 g/mol. The number of hydrogen-bond donors (Lipinski definition) is 2. The van der Waals surface area contributed by atoms with Gasteiger partial charge in [-0.2, -0.15) is 0 Å². The van der Waals surface area contributed by atoms with E-state index in [4.69, 9.17) is 0 Å². The van der Waals surface area contributed by atoms with Gasteiger partial charge in [-0.25, -0.2) is 4.98 Å². The number of thiazole rings is 1. The number of nitrogens with one attached hydrogen (secondary N) is 2. The van der Waals surface area contributed by atoms with Gasteiger partial charge in [0.2, 0.25) is 5.91 Å². The van der Waals surface area contributed by atoms with Crippen molar-refractivity contribution < 1.29 is 4.79 Å². The van der Waals surface area contributed by atoms with Crippen molar-refractivity contribution in [2.24, 2.45) is 5.92 Å². The molecule has 0 saturated carbocycles. The second-order valence-corrected chi connectivity index (χ2v) is 7.49. The van der Waals surface area contributed by atoms with Crippen LogP contribution >= 0.6 is 11.3 Å². The maximum absolute atomic E-state index is 12.1. The molecule has 0 radical (unpaired) electrons. The van der Waals surface area contributed by atoms with Crippen LogP contribution in [0, 0.1) is 12.8 Å². The lowest BCUT2D eigenvalue weighted by molar-refractivity contribution is -0.121. The molecule has 1 aromatic heterocycles. The minimum atomic E-state index is 0.155. The van der Waals surface area contributed by atoms with Crippen LogP contribution in [-0.2, 0) is 11.3 Å². The van der Waals surface area contributed by atoms with Gasteiger partial charge < -0.3 is 10.6 Å². The van der Waals surface area contributed by atoms with Gasteiger partial charge in [-0.3, -0.25) is 4.79 Å². The zero-order chi connectivity index (χ0) is 16.8. The van der Waals surface area contributed by atoms with E-state index in [0.717, 1.165) is 40.7 Å². The molecule has 128 valence electrons. The highest BCUT2D eigenvalue weighted by Gasteiger charge is 2.15. The van der Waals surface area contributed by atoms with Gasteiger partial charge >= 0.3 is 0 Å². The third kappa shape index (κ3) is 4.65. The Morgan fingerprint density at radius 1 is 1.29 bits per heavy atom. The van der Waals surface area contributed by atoms with Crippen molar-refractivity contribution in [1.29, 1.82) is 0 Å². The first-order chi connectivity index (χ1) is 11.7. The summed E-state index contributed by atoms with van der Waals surface area (Å²) >= 11 is 1.67. The average Bonchev–Trinajstić information content (AvgIpc) is 3.01. The van der Waals surface area contributed by atoms with Crippen LogP contribution in [0.15, 0.2) is 30.3 Å². The van der Waals surface area contributed by atoms with Gasteiger partial charge in [0.1, 0.15) is 5.01 Å². The van der Waals surface area contributed by atoms with Crippen LogP contribution in [0.1, 0.15) is 36.3 Å². The summed E-state index contributed by atoms with van der Waals surface area (Å²) in [6.07, 6.45) is 4.03. The zero-order valence-electron chi connectivity index (χ0n) is 14.2. The van der Waals surface area contributed by atoms with E-state index in [1.807, 2.05) is 25.1 Å². The quantitative estimate of drug-likeness (QED) is 0.844. The van der Waals surface area contributed by atoms with E-state index < -0.39 is 0 Å². The minimum absolute atomic E-state index is 0.155. The number of rotatable bonds is 6. The Hall–Kier alpha value is -1.72. The van der Waals surface area contributed by atoms with Gasteiger partial charge in [0.15, 0.2) is 0 Å². The van der Waals surface area contributed by atoms with E-state index in [0.29, 0.717) is 18.9 Å². The normalized spacial score (nSPS) is 15.4. The number of aromatic nitrogens is 1. The first-order valence-electron chi connectivity index (χ1n) is 8.71. The fourth-order valence-corrected chi connectivity index (χ4v) is 4.08. The van der Waals surface area contributed by atoms with E-state index >= 15 is 0 Å². The molecule has 2 aromatic rings. The second-order valence-electron chi connectivity index (χ2n) is 6.40. The zero-order valence-corrected chi connectivity index (χ0v) is 15.0. The third-order valence-electron chi connectivity index (χ3n) is 4.60. The molecular formula is C19H25N3OS. The van der Waals surface area contributed by atoms with E-state index in [2.05, 4.69) is 27.8 Å². The predicted octanol–water partition coefficient (Wildman–Crippen LogP) is 3.51. The molecule has 24 heavy (non-hydrogen) atoms. The number of nitrogens with zero attached hydrogens (tertiary/aromatic N) is 1. The summed E-state index contributed by atoms with van der Waals surface area (Å²) in [7, 11) is 0. The maximum Gasteiger partial charge on any atom is 0.220 e. The SMILES string of the molecule is Cc1nc(-c2ccccc2)sc1CNC(=O)CCC1CCNCC1. The van der Waals surface area contributed by atoms with Gasteiger partial charge in [0.05, 0.1) is 12.2 Å². The van der Waals surface area contributed by atoms with E-state index in [-0.39, 0.29) is 5.91 Å². The number of carbonyl (C=O) groups excluding carboxylic acids is 1. The molecule has 1 amide bonds. The number of carbonyl (C=O) groups is 1. The maximum atomic E-state index is 12.1. The molecule has 5 heteroatoms. The molecule has 4 nitrogen and oxygen atoms in total. The molecule has 0 bridgehead atoms. The van der Waals surface area contributed by atoms with Crippen molar-refractivity contribution in [3.63, 3.8) is 0 Å². The summed E-state index contributed by atoms with van der Waals surface area (Å²) < 4.78 is 0. The Labute approximate surface area is 147 Å². The molecular weight excluding hydrogens is 318 g/mol. The highest BCUT2D eigenvalue weighted by molar-refractivity contribution is 7.15. The lowest BCUT2D eigenvalue weighted by atomic mass is 9.93. The Morgan fingerprint density at radius 2 is 2.04 bits per heavy atom. The van der Waals surface area contributed by atoms with Crippen LogP contribution in [0.5, 0.6) is 0 Å². The monoisotopic (exact) mass is 343 g/mol. The van der Waals surface area contributed by atoms with Gasteiger partial charge in [-0.1, -0.05) is 30.3 Å². The Kier molecular flexibility index (Phi) is 5.99. The number of piperidine rings is 1.